The number of nitro groups is 1. The zero-order valence-electron chi connectivity index (χ0n) is 14.3. The molecule has 142 valence electrons. The molecule has 3 aromatic rings. The van der Waals surface area contributed by atoms with Gasteiger partial charge in [0.25, 0.3) is 11.6 Å². The molecule has 0 saturated heterocycles. The lowest BCUT2D eigenvalue weighted by molar-refractivity contribution is -0.384. The number of non-ortho nitro benzene ring substituents is 1. The number of rotatable bonds is 5. The highest BCUT2D eigenvalue weighted by Crippen LogP contribution is 2.27. The molecule has 0 unspecified atom stereocenters. The number of nitro benzene ring substituents is 1. The van der Waals surface area contributed by atoms with Crippen LogP contribution in [0.4, 0.5) is 11.4 Å². The van der Waals surface area contributed by atoms with E-state index in [9.17, 15) is 14.9 Å². The molecule has 1 N–H and O–H groups in total. The molecule has 1 amide bonds. The molecule has 0 bridgehead atoms. The molecule has 0 saturated carbocycles. The Balaban J connectivity index is 1.77. The van der Waals surface area contributed by atoms with E-state index in [0.29, 0.717) is 11.4 Å². The number of nitrogens with one attached hydrogen (secondary N) is 1. The average molecular weight is 464 g/mol. The Kier molecular flexibility index (Phi) is 5.86. The number of carbonyl (C=O) groups excluding carboxylic acids is 1. The van der Waals surface area contributed by atoms with Crippen molar-refractivity contribution in [1.29, 1.82) is 0 Å². The minimum Gasteiger partial charge on any atom is -0.424 e. The highest BCUT2D eigenvalue weighted by atomic mass is 79.9. The van der Waals surface area contributed by atoms with Crippen molar-refractivity contribution in [2.75, 3.05) is 5.32 Å². The maximum Gasteiger partial charge on any atom is 0.321 e. The van der Waals surface area contributed by atoms with Gasteiger partial charge in [0.05, 0.1) is 20.0 Å². The molecular weight excluding hydrogens is 452 g/mol. The number of carbonyl (C=O) groups is 1. The number of anilines is 1. The Bertz CT molecular complexity index is 1060. The minimum atomic E-state index is -0.590. The van der Waals surface area contributed by atoms with Gasteiger partial charge in [0.2, 0.25) is 0 Å². The van der Waals surface area contributed by atoms with Crippen LogP contribution in [0.1, 0.15) is 15.9 Å². The maximum atomic E-state index is 12.5. The number of hydrogen-bond acceptors (Lipinski definition) is 6. The highest BCUT2D eigenvalue weighted by molar-refractivity contribution is 9.10. The first-order chi connectivity index (χ1) is 13.3. The van der Waals surface area contributed by atoms with Crippen LogP contribution in [-0.2, 0) is 0 Å². The van der Waals surface area contributed by atoms with Gasteiger partial charge in [-0.05, 0) is 52.7 Å². The average Bonchev–Trinajstić information content (AvgIpc) is 2.65. The number of ether oxygens (including phenoxy) is 1. The normalized spacial score (nSPS) is 10.4. The van der Waals surface area contributed by atoms with Gasteiger partial charge in [-0.25, -0.2) is 9.97 Å². The minimum absolute atomic E-state index is 0.0112. The second-order valence-corrected chi connectivity index (χ2v) is 6.96. The molecule has 0 radical (unpaired) electrons. The van der Waals surface area contributed by atoms with Gasteiger partial charge in [0.1, 0.15) is 5.75 Å². The first-order valence-corrected chi connectivity index (χ1v) is 9.02. The van der Waals surface area contributed by atoms with E-state index in [0.717, 1.165) is 16.1 Å². The third-order valence-corrected chi connectivity index (χ3v) is 4.38. The fraction of sp³-hybridized carbons (Fsp3) is 0.0556. The monoisotopic (exact) mass is 462 g/mol. The highest BCUT2D eigenvalue weighted by Gasteiger charge is 2.16. The van der Waals surface area contributed by atoms with Crippen molar-refractivity contribution in [3.05, 3.63) is 79.5 Å². The molecule has 10 heteroatoms. The quantitative estimate of drug-likeness (QED) is 0.414. The SMILES string of the molecule is Cc1cc(NC(=O)c2cc([N+](=O)[O-])ccc2Cl)ccc1Oc1ncc(Br)cn1. The third-order valence-electron chi connectivity index (χ3n) is 3.64. The summed E-state index contributed by atoms with van der Waals surface area (Å²) in [5.41, 5.74) is 1.00. The van der Waals surface area contributed by atoms with E-state index < -0.39 is 10.8 Å². The summed E-state index contributed by atoms with van der Waals surface area (Å²) >= 11 is 9.25. The molecule has 3 rings (SSSR count). The van der Waals surface area contributed by atoms with Crippen LogP contribution < -0.4 is 10.1 Å². The topological polar surface area (TPSA) is 107 Å². The molecule has 0 aliphatic carbocycles. The summed E-state index contributed by atoms with van der Waals surface area (Å²) in [6, 6.07) is 8.85. The maximum absolute atomic E-state index is 12.5. The predicted molar refractivity (Wildman–Crippen MR) is 107 cm³/mol. The van der Waals surface area contributed by atoms with Crippen molar-refractivity contribution in [3.63, 3.8) is 0 Å². The zero-order chi connectivity index (χ0) is 20.3. The second kappa shape index (κ2) is 8.32. The number of nitrogens with zero attached hydrogens (tertiary/aromatic N) is 3. The summed E-state index contributed by atoms with van der Waals surface area (Å²) in [7, 11) is 0. The zero-order valence-corrected chi connectivity index (χ0v) is 16.7. The molecule has 0 spiro atoms. The van der Waals surface area contributed by atoms with E-state index in [1.165, 1.54) is 12.1 Å². The van der Waals surface area contributed by atoms with E-state index in [4.69, 9.17) is 16.3 Å². The van der Waals surface area contributed by atoms with Crippen LogP contribution >= 0.6 is 27.5 Å². The number of aromatic nitrogens is 2. The number of aryl methyl sites for hydroxylation is 1. The summed E-state index contributed by atoms with van der Waals surface area (Å²) in [5.74, 6) is -0.0354. The van der Waals surface area contributed by atoms with Gasteiger partial charge in [-0.1, -0.05) is 11.6 Å². The molecule has 1 heterocycles. The second-order valence-electron chi connectivity index (χ2n) is 5.64. The van der Waals surface area contributed by atoms with Crippen LogP contribution in [0, 0.1) is 17.0 Å². The lowest BCUT2D eigenvalue weighted by Crippen LogP contribution is -2.13. The van der Waals surface area contributed by atoms with Gasteiger partial charge in [-0.2, -0.15) is 0 Å². The van der Waals surface area contributed by atoms with E-state index in [2.05, 4.69) is 31.2 Å². The largest absolute Gasteiger partial charge is 0.424 e. The Morgan fingerprint density at radius 2 is 1.93 bits per heavy atom. The fourth-order valence-corrected chi connectivity index (χ4v) is 2.70. The van der Waals surface area contributed by atoms with Crippen molar-refractivity contribution < 1.29 is 14.5 Å². The van der Waals surface area contributed by atoms with Crippen LogP contribution in [-0.4, -0.2) is 20.8 Å². The third kappa shape index (κ3) is 4.62. The summed E-state index contributed by atoms with van der Waals surface area (Å²) in [4.78, 5) is 30.8. The Hall–Kier alpha value is -3.04. The van der Waals surface area contributed by atoms with Gasteiger partial charge in [0, 0.05) is 30.2 Å². The summed E-state index contributed by atoms with van der Waals surface area (Å²) in [6.07, 6.45) is 3.13. The van der Waals surface area contributed by atoms with Gasteiger partial charge < -0.3 is 10.1 Å². The van der Waals surface area contributed by atoms with Crippen molar-refractivity contribution in [1.82, 2.24) is 9.97 Å². The van der Waals surface area contributed by atoms with Crippen molar-refractivity contribution in [2.24, 2.45) is 0 Å². The van der Waals surface area contributed by atoms with Crippen molar-refractivity contribution >= 4 is 44.8 Å². The van der Waals surface area contributed by atoms with E-state index in [1.54, 1.807) is 37.5 Å². The Morgan fingerprint density at radius 1 is 1.21 bits per heavy atom. The fourth-order valence-electron chi connectivity index (χ4n) is 2.29. The summed E-state index contributed by atoms with van der Waals surface area (Å²) in [6.45, 7) is 1.80. The van der Waals surface area contributed by atoms with Crippen LogP contribution in [0.5, 0.6) is 11.8 Å². The lowest BCUT2D eigenvalue weighted by atomic mass is 10.1. The van der Waals surface area contributed by atoms with E-state index in [-0.39, 0.29) is 22.3 Å². The van der Waals surface area contributed by atoms with Crippen LogP contribution in [0.3, 0.4) is 0 Å². The van der Waals surface area contributed by atoms with E-state index in [1.807, 2.05) is 0 Å². The van der Waals surface area contributed by atoms with E-state index >= 15 is 0 Å². The number of benzene rings is 2. The molecule has 0 atom stereocenters. The van der Waals surface area contributed by atoms with Crippen LogP contribution in [0.15, 0.2) is 53.3 Å². The molecule has 0 aliphatic heterocycles. The molecule has 0 aliphatic rings. The first-order valence-electron chi connectivity index (χ1n) is 7.85. The van der Waals surface area contributed by atoms with Gasteiger partial charge >= 0.3 is 6.01 Å². The number of hydrogen-bond donors (Lipinski definition) is 1. The van der Waals surface area contributed by atoms with Gasteiger partial charge in [-0.15, -0.1) is 0 Å². The van der Waals surface area contributed by atoms with Crippen molar-refractivity contribution in [3.8, 4) is 11.8 Å². The van der Waals surface area contributed by atoms with Gasteiger partial charge in [0.15, 0.2) is 0 Å². The standard InChI is InChI=1S/C18H12BrClN4O4/c1-10-6-12(2-5-16(10)28-18-21-8-11(19)9-22-18)23-17(25)14-7-13(24(26)27)3-4-15(14)20/h2-9H,1H3,(H,23,25). The summed E-state index contributed by atoms with van der Waals surface area (Å²) in [5, 5.41) is 13.7. The van der Waals surface area contributed by atoms with Crippen molar-refractivity contribution in [2.45, 2.75) is 6.92 Å². The molecule has 2 aromatic carbocycles. The molecular formula is C18H12BrClN4O4. The molecule has 1 aromatic heterocycles. The number of halogens is 2. The first kappa shape index (κ1) is 19.7. The smallest absolute Gasteiger partial charge is 0.321 e. The molecule has 8 nitrogen and oxygen atoms in total. The Morgan fingerprint density at radius 3 is 2.57 bits per heavy atom. The Labute approximate surface area is 172 Å². The molecule has 28 heavy (non-hydrogen) atoms. The van der Waals surface area contributed by atoms with Crippen LogP contribution in [0.2, 0.25) is 5.02 Å². The molecule has 0 fully saturated rings. The number of amides is 1. The van der Waals surface area contributed by atoms with Crippen LogP contribution in [0.25, 0.3) is 0 Å². The predicted octanol–water partition coefficient (Wildman–Crippen LogP) is 5.15. The summed E-state index contributed by atoms with van der Waals surface area (Å²) < 4.78 is 6.35. The lowest BCUT2D eigenvalue weighted by Gasteiger charge is -2.11. The van der Waals surface area contributed by atoms with Gasteiger partial charge in [-0.3, -0.25) is 14.9 Å².